The number of carbonyl (C=O) groups excluding carboxylic acids is 3. The quantitative estimate of drug-likeness (QED) is 0.351. The summed E-state index contributed by atoms with van der Waals surface area (Å²) in [5, 5.41) is 9.03. The first-order valence-corrected chi connectivity index (χ1v) is 15.3. The topological polar surface area (TPSA) is 109 Å². The molecule has 3 amide bonds. The van der Waals surface area contributed by atoms with Gasteiger partial charge in [0.25, 0.3) is 5.91 Å². The number of amides is 3. The monoisotopic (exact) mass is 578 g/mol. The molecule has 4 rings (SSSR count). The molecule has 2 fully saturated rings. The van der Waals surface area contributed by atoms with Gasteiger partial charge >= 0.3 is 0 Å². The first-order chi connectivity index (χ1) is 20.4. The molecule has 1 saturated carbocycles. The maximum absolute atomic E-state index is 13.3. The Balaban J connectivity index is 1.34. The van der Waals surface area contributed by atoms with E-state index >= 15 is 0 Å². The standard InChI is InChI=1S/C33H46N4O5/c1-4-42-29-19-28(41-3)16-15-26(29)20-35-21-30(38)37-17-9-14-27(22-37)24-12-8-13-25(18-24)32(39)36-31(33(40)34-2)23-10-6-5-7-11-23/h8,12-13,15-16,18-19,23,27,31,35H,4-7,9-11,14,17,20-22H2,1-3H3,(H,34,40)(H,36,39)/t27-,31+/m0/s1. The van der Waals surface area contributed by atoms with Gasteiger partial charge in [0, 0.05) is 49.8 Å². The van der Waals surface area contributed by atoms with Crippen molar-refractivity contribution in [3.8, 4) is 11.5 Å². The number of ether oxygens (including phenoxy) is 2. The molecule has 1 aliphatic heterocycles. The summed E-state index contributed by atoms with van der Waals surface area (Å²) in [5.41, 5.74) is 2.56. The Labute approximate surface area is 249 Å². The van der Waals surface area contributed by atoms with E-state index in [2.05, 4.69) is 16.0 Å². The Kier molecular flexibility index (Phi) is 11.6. The molecule has 1 saturated heterocycles. The van der Waals surface area contributed by atoms with Crippen LogP contribution in [-0.4, -0.2) is 69.1 Å². The summed E-state index contributed by atoms with van der Waals surface area (Å²) in [6.45, 7) is 4.56. The van der Waals surface area contributed by atoms with Crippen molar-refractivity contribution in [2.24, 2.45) is 5.92 Å². The SMILES string of the molecule is CCOc1cc(OC)ccc1CNCC(=O)N1CCC[C@H](c2cccc(C(=O)N[C@@H](C(=O)NC)C3CCCCC3)c2)C1. The molecule has 0 aromatic heterocycles. The third-order valence-electron chi connectivity index (χ3n) is 8.50. The molecule has 0 spiro atoms. The van der Waals surface area contributed by atoms with E-state index in [1.54, 1.807) is 20.2 Å². The van der Waals surface area contributed by atoms with E-state index in [1.165, 1.54) is 6.42 Å². The van der Waals surface area contributed by atoms with Crippen LogP contribution >= 0.6 is 0 Å². The number of carbonyl (C=O) groups is 3. The predicted molar refractivity (Wildman–Crippen MR) is 163 cm³/mol. The maximum Gasteiger partial charge on any atom is 0.251 e. The van der Waals surface area contributed by atoms with E-state index in [4.69, 9.17) is 9.47 Å². The van der Waals surface area contributed by atoms with Crippen LogP contribution in [0.3, 0.4) is 0 Å². The normalized spacial score (nSPS) is 18.2. The molecule has 9 heteroatoms. The van der Waals surface area contributed by atoms with E-state index in [0.717, 1.165) is 67.7 Å². The van der Waals surface area contributed by atoms with Crippen LogP contribution in [0.25, 0.3) is 0 Å². The van der Waals surface area contributed by atoms with Gasteiger partial charge in [-0.3, -0.25) is 14.4 Å². The fourth-order valence-corrected chi connectivity index (χ4v) is 6.17. The second-order valence-electron chi connectivity index (χ2n) is 11.3. The third-order valence-corrected chi connectivity index (χ3v) is 8.50. The van der Waals surface area contributed by atoms with Gasteiger partial charge in [-0.15, -0.1) is 0 Å². The molecule has 0 unspecified atom stereocenters. The molecule has 1 aliphatic carbocycles. The zero-order chi connectivity index (χ0) is 29.9. The summed E-state index contributed by atoms with van der Waals surface area (Å²) in [6, 6.07) is 12.8. The van der Waals surface area contributed by atoms with Gasteiger partial charge in [-0.1, -0.05) is 37.5 Å². The van der Waals surface area contributed by atoms with Crippen LogP contribution in [0.5, 0.6) is 11.5 Å². The number of benzene rings is 2. The summed E-state index contributed by atoms with van der Waals surface area (Å²) < 4.78 is 11.1. The number of rotatable bonds is 12. The summed E-state index contributed by atoms with van der Waals surface area (Å²) in [5.74, 6) is 1.48. The van der Waals surface area contributed by atoms with Gasteiger partial charge in [0.15, 0.2) is 0 Å². The number of piperidine rings is 1. The van der Waals surface area contributed by atoms with Crippen LogP contribution in [0.2, 0.25) is 0 Å². The zero-order valence-electron chi connectivity index (χ0n) is 25.2. The van der Waals surface area contributed by atoms with E-state index < -0.39 is 6.04 Å². The van der Waals surface area contributed by atoms with E-state index in [9.17, 15) is 14.4 Å². The largest absolute Gasteiger partial charge is 0.497 e. The lowest BCUT2D eigenvalue weighted by atomic mass is 9.83. The Morgan fingerprint density at radius 1 is 1.02 bits per heavy atom. The van der Waals surface area contributed by atoms with E-state index in [0.29, 0.717) is 25.3 Å². The molecule has 0 radical (unpaired) electrons. The van der Waals surface area contributed by atoms with Crippen molar-refractivity contribution in [2.45, 2.75) is 70.4 Å². The van der Waals surface area contributed by atoms with Gasteiger partial charge in [-0.2, -0.15) is 0 Å². The Bertz CT molecular complexity index is 1210. The molecule has 9 nitrogen and oxygen atoms in total. The molecule has 1 heterocycles. The molecule has 2 aliphatic rings. The van der Waals surface area contributed by atoms with Crippen molar-refractivity contribution < 1.29 is 23.9 Å². The highest BCUT2D eigenvalue weighted by atomic mass is 16.5. The van der Waals surface area contributed by atoms with Crippen molar-refractivity contribution in [3.63, 3.8) is 0 Å². The molecule has 2 aromatic rings. The van der Waals surface area contributed by atoms with Crippen LogP contribution in [0.15, 0.2) is 42.5 Å². The second kappa shape index (κ2) is 15.6. The van der Waals surface area contributed by atoms with Gasteiger partial charge in [-0.25, -0.2) is 0 Å². The number of likely N-dealkylation sites (tertiary alicyclic amines) is 1. The second-order valence-corrected chi connectivity index (χ2v) is 11.3. The fourth-order valence-electron chi connectivity index (χ4n) is 6.17. The molecule has 42 heavy (non-hydrogen) atoms. The van der Waals surface area contributed by atoms with Gasteiger partial charge in [0.2, 0.25) is 11.8 Å². The van der Waals surface area contributed by atoms with E-state index in [-0.39, 0.29) is 36.1 Å². The zero-order valence-corrected chi connectivity index (χ0v) is 25.2. The summed E-state index contributed by atoms with van der Waals surface area (Å²) in [4.78, 5) is 41.0. The number of nitrogens with zero attached hydrogens (tertiary/aromatic N) is 1. The van der Waals surface area contributed by atoms with Gasteiger partial charge in [0.05, 0.1) is 20.3 Å². The van der Waals surface area contributed by atoms with Crippen LogP contribution in [0.4, 0.5) is 0 Å². The number of methoxy groups -OCH3 is 1. The van der Waals surface area contributed by atoms with Crippen LogP contribution < -0.4 is 25.4 Å². The molecular weight excluding hydrogens is 532 g/mol. The Morgan fingerprint density at radius 3 is 2.57 bits per heavy atom. The van der Waals surface area contributed by atoms with Crippen LogP contribution in [0, 0.1) is 5.92 Å². The van der Waals surface area contributed by atoms with Crippen LogP contribution in [-0.2, 0) is 16.1 Å². The average molecular weight is 579 g/mol. The predicted octanol–water partition coefficient (Wildman–Crippen LogP) is 4.01. The summed E-state index contributed by atoms with van der Waals surface area (Å²) >= 11 is 0. The summed E-state index contributed by atoms with van der Waals surface area (Å²) in [6.07, 6.45) is 7.12. The van der Waals surface area contributed by atoms with Gasteiger partial charge in [0.1, 0.15) is 17.5 Å². The van der Waals surface area contributed by atoms with Crippen molar-refractivity contribution in [1.29, 1.82) is 0 Å². The van der Waals surface area contributed by atoms with Crippen molar-refractivity contribution >= 4 is 17.7 Å². The Morgan fingerprint density at radius 2 is 1.83 bits per heavy atom. The Hall–Kier alpha value is -3.59. The minimum atomic E-state index is -0.524. The number of hydrogen-bond donors (Lipinski definition) is 3. The lowest BCUT2D eigenvalue weighted by Crippen LogP contribution is -2.50. The highest BCUT2D eigenvalue weighted by Gasteiger charge is 2.31. The van der Waals surface area contributed by atoms with Gasteiger partial charge in [-0.05, 0) is 62.3 Å². The third kappa shape index (κ3) is 8.25. The number of hydrogen-bond acceptors (Lipinski definition) is 6. The van der Waals surface area contributed by atoms with Crippen LogP contribution in [0.1, 0.15) is 79.3 Å². The molecule has 2 aromatic carbocycles. The number of nitrogens with one attached hydrogen (secondary N) is 3. The first-order valence-electron chi connectivity index (χ1n) is 15.3. The highest BCUT2D eigenvalue weighted by Crippen LogP contribution is 2.29. The highest BCUT2D eigenvalue weighted by molar-refractivity contribution is 5.97. The summed E-state index contributed by atoms with van der Waals surface area (Å²) in [7, 11) is 3.24. The van der Waals surface area contributed by atoms with Gasteiger partial charge < -0.3 is 30.3 Å². The number of likely N-dealkylation sites (N-methyl/N-ethyl adjacent to an activating group) is 1. The fraction of sp³-hybridized carbons (Fsp3) is 0.545. The first kappa shape index (κ1) is 31.3. The maximum atomic E-state index is 13.3. The molecule has 228 valence electrons. The molecular formula is C33H46N4O5. The minimum Gasteiger partial charge on any atom is -0.497 e. The molecule has 3 N–H and O–H groups in total. The molecule has 0 bridgehead atoms. The average Bonchev–Trinajstić information content (AvgIpc) is 3.04. The van der Waals surface area contributed by atoms with E-state index in [1.807, 2.05) is 48.2 Å². The lowest BCUT2D eigenvalue weighted by Gasteiger charge is -2.33. The van der Waals surface area contributed by atoms with Crippen molar-refractivity contribution in [2.75, 3.05) is 40.4 Å². The molecule has 2 atom stereocenters. The smallest absolute Gasteiger partial charge is 0.251 e. The minimum absolute atomic E-state index is 0.0565. The van der Waals surface area contributed by atoms with Crippen molar-refractivity contribution in [3.05, 3.63) is 59.2 Å². The van der Waals surface area contributed by atoms with Crippen molar-refractivity contribution in [1.82, 2.24) is 20.9 Å². The lowest BCUT2D eigenvalue weighted by molar-refractivity contribution is -0.131.